The lowest BCUT2D eigenvalue weighted by Gasteiger charge is -2.38. The van der Waals surface area contributed by atoms with Gasteiger partial charge in [-0.3, -0.25) is 0 Å². The molecular weight excluding hydrogens is 248 g/mol. The molecule has 5 heteroatoms. The van der Waals surface area contributed by atoms with Crippen LogP contribution in [-0.2, 0) is 4.79 Å². The largest absolute Gasteiger partial charge is 0.480 e. The van der Waals surface area contributed by atoms with E-state index in [-0.39, 0.29) is 0 Å². The average molecular weight is 257 g/mol. The second-order valence-corrected chi connectivity index (χ2v) is 3.97. The summed E-state index contributed by atoms with van der Waals surface area (Å²) in [6.45, 7) is 0.764. The van der Waals surface area contributed by atoms with Crippen molar-refractivity contribution in [2.75, 3.05) is 11.4 Å². The van der Waals surface area contributed by atoms with Crippen molar-refractivity contribution in [2.45, 2.75) is 12.5 Å². The Kier molecular flexibility index (Phi) is 2.41. The number of hydrogen-bond donors (Lipinski definition) is 1. The molecule has 0 aliphatic carbocycles. The van der Waals surface area contributed by atoms with Crippen LogP contribution in [0.2, 0.25) is 0 Å². The van der Waals surface area contributed by atoms with Gasteiger partial charge in [0.2, 0.25) is 0 Å². The van der Waals surface area contributed by atoms with E-state index in [9.17, 15) is 4.79 Å². The topological polar surface area (TPSA) is 53.4 Å². The highest BCUT2D eigenvalue weighted by Gasteiger charge is 2.34. The van der Waals surface area contributed by atoms with E-state index in [0.29, 0.717) is 6.42 Å². The van der Waals surface area contributed by atoms with Crippen LogP contribution in [-0.4, -0.2) is 28.6 Å². The van der Waals surface area contributed by atoms with Crippen LogP contribution in [0.15, 0.2) is 22.8 Å². The lowest BCUT2D eigenvalue weighted by atomic mass is 10.0. The Morgan fingerprint density at radius 3 is 2.93 bits per heavy atom. The maximum Gasteiger partial charge on any atom is 0.326 e. The molecule has 1 fully saturated rings. The summed E-state index contributed by atoms with van der Waals surface area (Å²) in [6.07, 6.45) is 0.698. The van der Waals surface area contributed by atoms with Gasteiger partial charge in [0.1, 0.15) is 16.5 Å². The summed E-state index contributed by atoms with van der Waals surface area (Å²) in [5.41, 5.74) is 0. The first-order chi connectivity index (χ1) is 6.68. The molecule has 1 aromatic rings. The van der Waals surface area contributed by atoms with Crippen molar-refractivity contribution in [1.29, 1.82) is 0 Å². The molecule has 1 aromatic heterocycles. The molecular formula is C9H9BrN2O2. The molecule has 0 spiro atoms. The number of carboxylic acids is 1. The molecule has 1 unspecified atom stereocenters. The number of pyridine rings is 1. The van der Waals surface area contributed by atoms with Crippen molar-refractivity contribution in [3.8, 4) is 0 Å². The number of aromatic nitrogens is 1. The highest BCUT2D eigenvalue weighted by atomic mass is 79.9. The van der Waals surface area contributed by atoms with Crippen molar-refractivity contribution < 1.29 is 9.90 Å². The predicted octanol–water partition coefficient (Wildman–Crippen LogP) is 1.51. The van der Waals surface area contributed by atoms with E-state index in [0.717, 1.165) is 17.0 Å². The molecule has 4 nitrogen and oxygen atoms in total. The zero-order valence-corrected chi connectivity index (χ0v) is 8.94. The molecule has 0 aromatic carbocycles. The maximum atomic E-state index is 10.8. The summed E-state index contributed by atoms with van der Waals surface area (Å²) in [7, 11) is 0. The monoisotopic (exact) mass is 256 g/mol. The zero-order chi connectivity index (χ0) is 10.1. The SMILES string of the molecule is O=C(O)C1CCN1c1cccc(Br)n1. The van der Waals surface area contributed by atoms with E-state index in [1.54, 1.807) is 4.90 Å². The Morgan fingerprint density at radius 1 is 1.64 bits per heavy atom. The van der Waals surface area contributed by atoms with Crippen LogP contribution in [0.25, 0.3) is 0 Å². The van der Waals surface area contributed by atoms with Gasteiger partial charge in [0.15, 0.2) is 0 Å². The number of carbonyl (C=O) groups is 1. The third-order valence-corrected chi connectivity index (χ3v) is 2.74. The van der Waals surface area contributed by atoms with E-state index < -0.39 is 12.0 Å². The normalized spacial score (nSPS) is 20.4. The van der Waals surface area contributed by atoms with Gasteiger partial charge in [-0.15, -0.1) is 0 Å². The Hall–Kier alpha value is -1.10. The van der Waals surface area contributed by atoms with Gasteiger partial charge >= 0.3 is 5.97 Å². The number of hydrogen-bond acceptors (Lipinski definition) is 3. The van der Waals surface area contributed by atoms with E-state index in [2.05, 4.69) is 20.9 Å². The van der Waals surface area contributed by atoms with E-state index in [1.807, 2.05) is 18.2 Å². The molecule has 14 heavy (non-hydrogen) atoms. The third-order valence-electron chi connectivity index (χ3n) is 2.30. The van der Waals surface area contributed by atoms with Gasteiger partial charge in [-0.05, 0) is 34.5 Å². The van der Waals surface area contributed by atoms with Crippen molar-refractivity contribution in [2.24, 2.45) is 0 Å². The third kappa shape index (κ3) is 1.59. The Bertz CT molecular complexity index is 370. The summed E-state index contributed by atoms with van der Waals surface area (Å²) >= 11 is 3.26. The highest BCUT2D eigenvalue weighted by molar-refractivity contribution is 9.10. The average Bonchev–Trinajstić information content (AvgIpc) is 2.00. The second-order valence-electron chi connectivity index (χ2n) is 3.15. The summed E-state index contributed by atoms with van der Waals surface area (Å²) < 4.78 is 0.728. The first kappa shape index (κ1) is 9.45. The van der Waals surface area contributed by atoms with E-state index in [4.69, 9.17) is 5.11 Å². The van der Waals surface area contributed by atoms with Crippen LogP contribution in [0.1, 0.15) is 6.42 Å². The Morgan fingerprint density at radius 2 is 2.43 bits per heavy atom. The van der Waals surface area contributed by atoms with Gasteiger partial charge in [0.25, 0.3) is 0 Å². The van der Waals surface area contributed by atoms with Gasteiger partial charge in [-0.25, -0.2) is 9.78 Å². The number of carboxylic acid groups (broad SMARTS) is 1. The fourth-order valence-corrected chi connectivity index (χ4v) is 1.81. The fraction of sp³-hybridized carbons (Fsp3) is 0.333. The molecule has 2 rings (SSSR count). The lowest BCUT2D eigenvalue weighted by Crippen LogP contribution is -2.52. The summed E-state index contributed by atoms with van der Waals surface area (Å²) in [6, 6.07) is 5.08. The predicted molar refractivity (Wildman–Crippen MR) is 55.3 cm³/mol. The molecule has 1 aliphatic rings. The number of halogens is 1. The highest BCUT2D eigenvalue weighted by Crippen LogP contribution is 2.25. The van der Waals surface area contributed by atoms with Crippen LogP contribution in [0.3, 0.4) is 0 Å². The molecule has 0 bridgehead atoms. The molecule has 0 saturated carbocycles. The maximum absolute atomic E-state index is 10.8. The minimum Gasteiger partial charge on any atom is -0.480 e. The Labute approximate surface area is 89.7 Å². The van der Waals surface area contributed by atoms with Crippen LogP contribution in [0.4, 0.5) is 5.82 Å². The first-order valence-corrected chi connectivity index (χ1v) is 5.10. The standard InChI is InChI=1S/C9H9BrN2O2/c10-7-2-1-3-8(11-7)12-5-4-6(12)9(13)14/h1-3,6H,4-5H2,(H,13,14). The zero-order valence-electron chi connectivity index (χ0n) is 7.35. The Balaban J connectivity index is 2.20. The lowest BCUT2D eigenvalue weighted by molar-refractivity contribution is -0.140. The summed E-state index contributed by atoms with van der Waals surface area (Å²) in [5, 5.41) is 8.85. The molecule has 0 radical (unpaired) electrons. The van der Waals surface area contributed by atoms with E-state index in [1.165, 1.54) is 0 Å². The quantitative estimate of drug-likeness (QED) is 0.816. The number of aliphatic carboxylic acids is 1. The minimum atomic E-state index is -0.780. The van der Waals surface area contributed by atoms with Gasteiger partial charge in [-0.1, -0.05) is 6.07 Å². The molecule has 1 aliphatic heterocycles. The van der Waals surface area contributed by atoms with Crippen molar-refractivity contribution in [3.63, 3.8) is 0 Å². The number of anilines is 1. The molecule has 1 atom stereocenters. The molecule has 2 heterocycles. The van der Waals surface area contributed by atoms with Crippen LogP contribution in [0, 0.1) is 0 Å². The second kappa shape index (κ2) is 3.57. The summed E-state index contributed by atoms with van der Waals surface area (Å²) in [4.78, 5) is 16.8. The minimum absolute atomic E-state index is 0.406. The van der Waals surface area contributed by atoms with E-state index >= 15 is 0 Å². The van der Waals surface area contributed by atoms with Gasteiger partial charge in [-0.2, -0.15) is 0 Å². The molecule has 1 saturated heterocycles. The number of rotatable bonds is 2. The van der Waals surface area contributed by atoms with Gasteiger partial charge < -0.3 is 10.0 Å². The molecule has 1 N–H and O–H groups in total. The smallest absolute Gasteiger partial charge is 0.326 e. The fourth-order valence-electron chi connectivity index (χ4n) is 1.48. The molecule has 74 valence electrons. The van der Waals surface area contributed by atoms with Crippen LogP contribution in [0.5, 0.6) is 0 Å². The van der Waals surface area contributed by atoms with Gasteiger partial charge in [0, 0.05) is 6.54 Å². The number of nitrogens with zero attached hydrogens (tertiary/aromatic N) is 2. The van der Waals surface area contributed by atoms with Crippen molar-refractivity contribution in [1.82, 2.24) is 4.98 Å². The summed E-state index contributed by atoms with van der Waals surface area (Å²) in [5.74, 6) is -0.0592. The van der Waals surface area contributed by atoms with Gasteiger partial charge in [0.05, 0.1) is 0 Å². The first-order valence-electron chi connectivity index (χ1n) is 4.30. The van der Waals surface area contributed by atoms with Crippen molar-refractivity contribution in [3.05, 3.63) is 22.8 Å². The van der Waals surface area contributed by atoms with Crippen LogP contribution >= 0.6 is 15.9 Å². The van der Waals surface area contributed by atoms with Crippen molar-refractivity contribution >= 4 is 27.7 Å². The van der Waals surface area contributed by atoms with Crippen LogP contribution < -0.4 is 4.90 Å². The molecule has 0 amide bonds.